The van der Waals surface area contributed by atoms with Gasteiger partial charge in [-0.3, -0.25) is 35.5 Å². The number of nitrogens with one attached hydrogen (secondary N) is 1. The number of piperazine rings is 2. The smallest absolute Gasteiger partial charge is 1.00 e. The zero-order chi connectivity index (χ0) is 53.2. The van der Waals surface area contributed by atoms with Crippen LogP contribution in [0.3, 0.4) is 0 Å². The summed E-state index contributed by atoms with van der Waals surface area (Å²) in [5.41, 5.74) is 6.41. The first-order chi connectivity index (χ1) is 34.5. The second-order valence-corrected chi connectivity index (χ2v) is 19.1. The van der Waals surface area contributed by atoms with Crippen LogP contribution in [-0.2, 0) is 30.4 Å². The molecule has 0 unspecified atom stereocenters. The molecule has 4 aromatic carbocycles. The minimum Gasteiger partial charge on any atom is 1.00 e. The number of benzene rings is 4. The van der Waals surface area contributed by atoms with E-state index in [9.17, 15) is 14.4 Å². The third kappa shape index (κ3) is 23.4. The SMILES string of the molecule is CC(=O)OC(C)=O.C[C-]=O.Clc1ccc([C@@H]2CNCCN2c2ccc(Cl)cc2Cl)cc1.N#Cc1ccc(N2CCN(Cc3ccc(Br)cn3)C[C@H]2c2ccc(Cl)cc2)c(Cl)c1.O.O=Cc1ccc(Br)cn1.[B]=O.[Na+]. The van der Waals surface area contributed by atoms with E-state index in [-0.39, 0.29) is 47.1 Å². The van der Waals surface area contributed by atoms with Crippen LogP contribution >= 0.6 is 89.9 Å². The van der Waals surface area contributed by atoms with Gasteiger partial charge in [0, 0.05) is 96.1 Å². The zero-order valence-corrected chi connectivity index (χ0v) is 49.5. The van der Waals surface area contributed by atoms with Crippen molar-refractivity contribution in [3.63, 3.8) is 0 Å². The van der Waals surface area contributed by atoms with Crippen molar-refractivity contribution in [1.82, 2.24) is 20.2 Å². The second-order valence-electron chi connectivity index (χ2n) is 15.1. The van der Waals surface area contributed by atoms with Gasteiger partial charge in [-0.15, -0.1) is 0 Å². The number of rotatable bonds is 7. The van der Waals surface area contributed by atoms with Crippen LogP contribution in [-0.4, -0.2) is 91.8 Å². The van der Waals surface area contributed by atoms with Gasteiger partial charge < -0.3 is 30.1 Å². The van der Waals surface area contributed by atoms with Gasteiger partial charge in [-0.25, -0.2) is 0 Å². The number of carbonyl (C=O) groups excluding carboxylic acids is 4. The Morgan fingerprint density at radius 3 is 1.72 bits per heavy atom. The molecule has 2 aromatic heterocycles. The number of hydrogen-bond donors (Lipinski definition) is 1. The molecule has 383 valence electrons. The molecule has 0 saturated carbocycles. The van der Waals surface area contributed by atoms with Gasteiger partial charge >= 0.3 is 53.9 Å². The van der Waals surface area contributed by atoms with Gasteiger partial charge in [0.15, 0.2) is 6.29 Å². The third-order valence-corrected chi connectivity index (χ3v) is 12.4. The summed E-state index contributed by atoms with van der Waals surface area (Å²) in [6.45, 7) is 9.71. The number of ether oxygens (including phenoxy) is 1. The summed E-state index contributed by atoms with van der Waals surface area (Å²) in [6.07, 6.45) is 5.63. The molecule has 14 nitrogen and oxygen atoms in total. The van der Waals surface area contributed by atoms with Crippen LogP contribution in [0.4, 0.5) is 11.4 Å². The minimum absolute atomic E-state index is 0. The number of hydrogen-bond acceptors (Lipinski definition) is 13. The third-order valence-electron chi connectivity index (χ3n) is 10.2. The zero-order valence-electron chi connectivity index (χ0n) is 40.6. The Hall–Kier alpha value is -4.10. The average Bonchev–Trinajstić information content (AvgIpc) is 3.37. The number of aldehydes is 1. The molecule has 2 aliphatic rings. The topological polar surface area (TPSA) is 197 Å². The van der Waals surface area contributed by atoms with Crippen LogP contribution in [0.25, 0.3) is 0 Å². The molecular formula is C51H49BBr2Cl5N7NaO7. The molecule has 2 atom stereocenters. The molecule has 0 amide bonds. The normalized spacial score (nSPS) is 14.3. The number of nitriles is 1. The van der Waals surface area contributed by atoms with Crippen LogP contribution in [0.15, 0.2) is 131 Å². The van der Waals surface area contributed by atoms with Crippen LogP contribution < -0.4 is 44.7 Å². The van der Waals surface area contributed by atoms with Crippen molar-refractivity contribution in [2.75, 3.05) is 49.1 Å². The van der Waals surface area contributed by atoms with Crippen molar-refractivity contribution in [1.29, 1.82) is 5.26 Å². The van der Waals surface area contributed by atoms with Crippen LogP contribution in [0.5, 0.6) is 0 Å². The van der Waals surface area contributed by atoms with Crippen LogP contribution in [0, 0.1) is 11.3 Å². The van der Waals surface area contributed by atoms with Crippen molar-refractivity contribution in [2.24, 2.45) is 0 Å². The van der Waals surface area contributed by atoms with Crippen molar-refractivity contribution >= 4 is 133 Å². The predicted molar refractivity (Wildman–Crippen MR) is 297 cm³/mol. The molecule has 0 bridgehead atoms. The first kappa shape index (κ1) is 67.9. The Labute approximate surface area is 496 Å². The predicted octanol–water partition coefficient (Wildman–Crippen LogP) is 8.43. The van der Waals surface area contributed by atoms with Crippen molar-refractivity contribution in [3.8, 4) is 6.07 Å². The molecule has 2 fully saturated rings. The van der Waals surface area contributed by atoms with E-state index in [4.69, 9.17) is 72.8 Å². The Morgan fingerprint density at radius 2 is 1.26 bits per heavy atom. The van der Waals surface area contributed by atoms with E-state index in [1.807, 2.05) is 66.9 Å². The standard InChI is InChI=1S/C23H19BrCl2N4.C16H15Cl3N2.C6H4BrNO.C4H6O3.C2H3O.BO.Na.H2O/c24-18-4-7-20(28-13-18)14-29-9-10-30(22-8-1-16(12-27)11-21(22)26)23(15-29)17-2-5-19(25)6-3-17;17-12-3-1-11(2-4-12)16-10-20-7-8-21(16)15-6-5-13(18)9-14(15)19;7-5-1-2-6(4-9)8-3-5;1-3(5)7-4(2)6;1-2-3;1-2;;/h1-8,11,13,23H,9-10,14-15H2;1-6,9,16,20H,7-8,10H2;1-4H;1-2H3;1H3;;;1H2/q;;;;-1;;+1;/t23-;16-;;;;;;/m00....../s1. The molecule has 0 aliphatic carbocycles. The summed E-state index contributed by atoms with van der Waals surface area (Å²) in [6, 6.07) is 37.1. The number of carbonyl (C=O) groups is 3. The fraction of sp³-hybridized carbons (Fsp3) is 0.235. The summed E-state index contributed by atoms with van der Waals surface area (Å²) in [5, 5.41) is 16.0. The van der Waals surface area contributed by atoms with Gasteiger partial charge in [-0.1, -0.05) is 82.3 Å². The van der Waals surface area contributed by atoms with Gasteiger partial charge in [0.1, 0.15) is 5.69 Å². The number of anilines is 2. The maximum Gasteiger partial charge on any atom is 1.00 e. The summed E-state index contributed by atoms with van der Waals surface area (Å²) in [4.78, 5) is 53.7. The van der Waals surface area contributed by atoms with E-state index in [0.717, 1.165) is 76.9 Å². The number of esters is 2. The van der Waals surface area contributed by atoms with Gasteiger partial charge in [-0.2, -0.15) is 12.2 Å². The fourth-order valence-electron chi connectivity index (χ4n) is 7.13. The largest absolute Gasteiger partial charge is 1.00 e. The summed E-state index contributed by atoms with van der Waals surface area (Å²) >= 11 is 37.7. The van der Waals surface area contributed by atoms with E-state index >= 15 is 0 Å². The molecular weight excluding hydrogens is 1190 g/mol. The molecule has 1 radical (unpaired) electrons. The van der Waals surface area contributed by atoms with E-state index in [2.05, 4.69) is 105 Å². The molecule has 8 rings (SSSR count). The summed E-state index contributed by atoms with van der Waals surface area (Å²) in [7, 11) is 3.25. The average molecular weight is 1240 g/mol. The number of aromatic nitrogens is 2. The summed E-state index contributed by atoms with van der Waals surface area (Å²) < 4.78 is 13.6. The van der Waals surface area contributed by atoms with E-state index in [1.54, 1.807) is 30.5 Å². The Bertz CT molecular complexity index is 2710. The molecule has 74 heavy (non-hydrogen) atoms. The Morgan fingerprint density at radius 1 is 0.757 bits per heavy atom. The number of nitrogens with zero attached hydrogens (tertiary/aromatic N) is 6. The number of pyridine rings is 2. The quantitative estimate of drug-likeness (QED) is 0.0526. The van der Waals surface area contributed by atoms with E-state index < -0.39 is 11.9 Å². The van der Waals surface area contributed by atoms with Gasteiger partial charge in [0.05, 0.1) is 50.8 Å². The van der Waals surface area contributed by atoms with Crippen molar-refractivity contribution in [3.05, 3.63) is 184 Å². The van der Waals surface area contributed by atoms with Gasteiger partial charge in [-0.05, 0) is 128 Å². The van der Waals surface area contributed by atoms with E-state index in [1.165, 1.54) is 38.2 Å². The maximum absolute atomic E-state index is 10.0. The van der Waals surface area contributed by atoms with Crippen molar-refractivity contribution < 1.29 is 63.7 Å². The molecule has 6 aromatic rings. The van der Waals surface area contributed by atoms with Crippen LogP contribution in [0.1, 0.15) is 65.7 Å². The number of halogens is 7. The first-order valence-electron chi connectivity index (χ1n) is 21.6. The molecule has 23 heteroatoms. The van der Waals surface area contributed by atoms with E-state index in [0.29, 0.717) is 37.6 Å². The minimum atomic E-state index is -0.562. The Kier molecular flexibility index (Phi) is 33.8. The molecule has 2 saturated heterocycles. The maximum atomic E-state index is 10.0. The Balaban J connectivity index is 0.000000538. The van der Waals surface area contributed by atoms with Crippen LogP contribution in [0.2, 0.25) is 25.1 Å². The van der Waals surface area contributed by atoms with Gasteiger partial charge in [0.25, 0.3) is 0 Å². The van der Waals surface area contributed by atoms with Gasteiger partial charge in [0.2, 0.25) is 0 Å². The van der Waals surface area contributed by atoms with Crippen molar-refractivity contribution in [2.45, 2.75) is 39.4 Å². The molecule has 0 spiro atoms. The second kappa shape index (κ2) is 36.8. The molecule has 3 N–H and O–H groups in total. The summed E-state index contributed by atoms with van der Waals surface area (Å²) in [5.74, 6) is -1.12. The first-order valence-corrected chi connectivity index (χ1v) is 25.0. The monoisotopic (exact) mass is 1240 g/mol. The molecule has 2 aliphatic heterocycles. The fourth-order valence-corrected chi connectivity index (χ4v) is 8.66. The molecule has 4 heterocycles.